The van der Waals surface area contributed by atoms with Gasteiger partial charge in [-0.15, -0.1) is 0 Å². The second kappa shape index (κ2) is 5.49. The molecule has 0 amide bonds. The molecule has 26 heavy (non-hydrogen) atoms. The second-order valence-corrected chi connectivity index (χ2v) is 6.39. The van der Waals surface area contributed by atoms with Gasteiger partial charge < -0.3 is 10.6 Å². The Morgan fingerprint density at radius 3 is 2.38 bits per heavy atom. The van der Waals surface area contributed by atoms with Gasteiger partial charge in [-0.25, -0.2) is 4.79 Å². The highest BCUT2D eigenvalue weighted by atomic mass is 16.5. The van der Waals surface area contributed by atoms with E-state index in [0.717, 1.165) is 33.3 Å². The molecule has 4 nitrogen and oxygen atoms in total. The number of carbonyl (C=O) groups is 1. The minimum Gasteiger partial charge on any atom is -0.449 e. The Hall–Kier alpha value is -3.53. The number of para-hydroxylation sites is 1. The quantitative estimate of drug-likeness (QED) is 0.438. The standard InChI is InChI=1S/C22H16N2O2/c23-24-18-13-7-6-12-17(18)19(20(24)14-8-2-1-3-9-14)21-15-10-4-5-11-16(15)22(25)26-21/h1-13,21H,23H2. The summed E-state index contributed by atoms with van der Waals surface area (Å²) < 4.78 is 7.48. The molecule has 1 atom stereocenters. The van der Waals surface area contributed by atoms with Crippen molar-refractivity contribution in [2.75, 3.05) is 5.84 Å². The zero-order chi connectivity index (χ0) is 17.7. The van der Waals surface area contributed by atoms with Crippen LogP contribution in [-0.2, 0) is 4.74 Å². The normalized spacial score (nSPS) is 15.8. The van der Waals surface area contributed by atoms with E-state index >= 15 is 0 Å². The molecule has 0 aliphatic carbocycles. The highest BCUT2D eigenvalue weighted by Crippen LogP contribution is 2.44. The van der Waals surface area contributed by atoms with Crippen molar-refractivity contribution >= 4 is 16.9 Å². The van der Waals surface area contributed by atoms with Crippen molar-refractivity contribution in [2.45, 2.75) is 6.10 Å². The molecule has 1 aliphatic rings. The monoisotopic (exact) mass is 340 g/mol. The van der Waals surface area contributed by atoms with Crippen LogP contribution in [0.4, 0.5) is 0 Å². The van der Waals surface area contributed by atoms with Gasteiger partial charge in [0, 0.05) is 22.1 Å². The maximum atomic E-state index is 12.4. The topological polar surface area (TPSA) is 57.2 Å². The lowest BCUT2D eigenvalue weighted by Gasteiger charge is -2.14. The molecular formula is C22H16N2O2. The van der Waals surface area contributed by atoms with Crippen molar-refractivity contribution in [3.8, 4) is 11.3 Å². The van der Waals surface area contributed by atoms with E-state index in [1.807, 2.05) is 78.9 Å². The summed E-state index contributed by atoms with van der Waals surface area (Å²) in [6.45, 7) is 0. The minimum atomic E-state index is -0.469. The number of carbonyl (C=O) groups excluding carboxylic acids is 1. The van der Waals surface area contributed by atoms with Gasteiger partial charge in [-0.1, -0.05) is 66.7 Å². The largest absolute Gasteiger partial charge is 0.449 e. The summed E-state index contributed by atoms with van der Waals surface area (Å²) in [5.41, 5.74) is 5.17. The fourth-order valence-corrected chi connectivity index (χ4v) is 3.81. The lowest BCUT2D eigenvalue weighted by molar-refractivity contribution is 0.0458. The molecule has 4 heteroatoms. The number of hydrogen-bond acceptors (Lipinski definition) is 3. The number of nitrogens with zero attached hydrogens (tertiary/aromatic N) is 1. The maximum absolute atomic E-state index is 12.4. The zero-order valence-electron chi connectivity index (χ0n) is 13.9. The first-order valence-electron chi connectivity index (χ1n) is 8.49. The number of nitrogen functional groups attached to an aromatic ring is 1. The van der Waals surface area contributed by atoms with Crippen LogP contribution in [0.3, 0.4) is 0 Å². The molecule has 2 N–H and O–H groups in total. The van der Waals surface area contributed by atoms with Gasteiger partial charge >= 0.3 is 5.97 Å². The molecule has 1 aromatic heterocycles. The summed E-state index contributed by atoms with van der Waals surface area (Å²) in [6.07, 6.45) is -0.469. The molecule has 0 saturated carbocycles. The first-order chi connectivity index (χ1) is 12.8. The maximum Gasteiger partial charge on any atom is 0.339 e. The number of benzene rings is 3. The molecule has 0 spiro atoms. The summed E-state index contributed by atoms with van der Waals surface area (Å²) in [6, 6.07) is 25.4. The predicted octanol–water partition coefficient (Wildman–Crippen LogP) is 4.28. The Balaban J connectivity index is 1.85. The average molecular weight is 340 g/mol. The van der Waals surface area contributed by atoms with Crippen molar-refractivity contribution in [1.82, 2.24) is 4.68 Å². The number of esters is 1. The summed E-state index contributed by atoms with van der Waals surface area (Å²) in [5.74, 6) is 6.18. The van der Waals surface area contributed by atoms with Crippen LogP contribution in [0.5, 0.6) is 0 Å². The van der Waals surface area contributed by atoms with Crippen molar-refractivity contribution in [3.63, 3.8) is 0 Å². The van der Waals surface area contributed by atoms with Gasteiger partial charge in [0.25, 0.3) is 0 Å². The van der Waals surface area contributed by atoms with Crippen molar-refractivity contribution < 1.29 is 9.53 Å². The third-order valence-electron chi connectivity index (χ3n) is 4.95. The molecule has 0 bridgehead atoms. The molecule has 5 rings (SSSR count). The van der Waals surface area contributed by atoms with Crippen LogP contribution in [0.2, 0.25) is 0 Å². The number of nitrogens with two attached hydrogens (primary N) is 1. The molecule has 4 aromatic rings. The summed E-state index contributed by atoms with van der Waals surface area (Å²) in [4.78, 5) is 12.4. The first kappa shape index (κ1) is 14.8. The number of hydrogen-bond donors (Lipinski definition) is 1. The molecular weight excluding hydrogens is 324 g/mol. The third-order valence-corrected chi connectivity index (χ3v) is 4.95. The number of cyclic esters (lactones) is 1. The Morgan fingerprint density at radius 2 is 1.54 bits per heavy atom. The Labute approximate surface area is 150 Å². The molecule has 1 unspecified atom stereocenters. The van der Waals surface area contributed by atoms with Gasteiger partial charge in [0.15, 0.2) is 6.10 Å². The van der Waals surface area contributed by atoms with Gasteiger partial charge in [0.2, 0.25) is 0 Å². The Morgan fingerprint density at radius 1 is 0.846 bits per heavy atom. The van der Waals surface area contributed by atoms with Crippen LogP contribution in [-0.4, -0.2) is 10.6 Å². The Bertz CT molecular complexity index is 1150. The summed E-state index contributed by atoms with van der Waals surface area (Å²) in [5, 5.41) is 0.989. The zero-order valence-corrected chi connectivity index (χ0v) is 13.9. The van der Waals surface area contributed by atoms with Crippen LogP contribution in [0.15, 0.2) is 78.9 Å². The molecule has 0 fully saturated rings. The van der Waals surface area contributed by atoms with Crippen LogP contribution in [0, 0.1) is 0 Å². The third kappa shape index (κ3) is 1.99. The van der Waals surface area contributed by atoms with E-state index in [1.54, 1.807) is 4.68 Å². The van der Waals surface area contributed by atoms with Crippen molar-refractivity contribution in [3.05, 3.63) is 95.6 Å². The average Bonchev–Trinajstić information content (AvgIpc) is 3.18. The van der Waals surface area contributed by atoms with E-state index in [4.69, 9.17) is 10.6 Å². The SMILES string of the molecule is Nn1c(-c2ccccc2)c(C2OC(=O)c3ccccc32)c2ccccc21. The predicted molar refractivity (Wildman–Crippen MR) is 101 cm³/mol. The number of rotatable bonds is 2. The smallest absolute Gasteiger partial charge is 0.339 e. The van der Waals surface area contributed by atoms with E-state index in [1.165, 1.54) is 0 Å². The van der Waals surface area contributed by atoms with Gasteiger partial charge in [-0.05, 0) is 12.1 Å². The van der Waals surface area contributed by atoms with Gasteiger partial charge in [0.05, 0.1) is 16.8 Å². The van der Waals surface area contributed by atoms with Crippen LogP contribution < -0.4 is 5.84 Å². The highest BCUT2D eigenvalue weighted by molar-refractivity contribution is 5.98. The number of fused-ring (bicyclic) bond motifs is 2. The molecule has 1 aliphatic heterocycles. The van der Waals surface area contributed by atoms with Crippen LogP contribution >= 0.6 is 0 Å². The van der Waals surface area contributed by atoms with E-state index in [0.29, 0.717) is 5.56 Å². The lowest BCUT2D eigenvalue weighted by atomic mass is 9.95. The molecule has 126 valence electrons. The number of aromatic nitrogens is 1. The van der Waals surface area contributed by atoms with E-state index in [9.17, 15) is 4.79 Å². The van der Waals surface area contributed by atoms with Crippen molar-refractivity contribution in [1.29, 1.82) is 0 Å². The van der Waals surface area contributed by atoms with Crippen molar-refractivity contribution in [2.24, 2.45) is 0 Å². The van der Waals surface area contributed by atoms with E-state index in [2.05, 4.69) is 0 Å². The van der Waals surface area contributed by atoms with Gasteiger partial charge in [0.1, 0.15) is 0 Å². The van der Waals surface area contributed by atoms with Crippen LogP contribution in [0.25, 0.3) is 22.2 Å². The first-order valence-corrected chi connectivity index (χ1v) is 8.49. The van der Waals surface area contributed by atoms with Gasteiger partial charge in [-0.3, -0.25) is 4.68 Å². The summed E-state index contributed by atoms with van der Waals surface area (Å²) >= 11 is 0. The molecule has 2 heterocycles. The Kier molecular flexibility index (Phi) is 3.12. The molecule has 0 radical (unpaired) electrons. The highest BCUT2D eigenvalue weighted by Gasteiger charge is 2.36. The summed E-state index contributed by atoms with van der Waals surface area (Å²) in [7, 11) is 0. The van der Waals surface area contributed by atoms with Crippen LogP contribution in [0.1, 0.15) is 27.6 Å². The van der Waals surface area contributed by atoms with E-state index < -0.39 is 6.10 Å². The van der Waals surface area contributed by atoms with Gasteiger partial charge in [-0.2, -0.15) is 0 Å². The second-order valence-electron chi connectivity index (χ2n) is 6.39. The fourth-order valence-electron chi connectivity index (χ4n) is 3.81. The number of ether oxygens (including phenoxy) is 1. The van der Waals surface area contributed by atoms with E-state index in [-0.39, 0.29) is 5.97 Å². The lowest BCUT2D eigenvalue weighted by Crippen LogP contribution is -2.11. The molecule has 0 saturated heterocycles. The fraction of sp³-hybridized carbons (Fsp3) is 0.0455. The molecule has 3 aromatic carbocycles. The minimum absolute atomic E-state index is 0.293.